The minimum Gasteiger partial charge on any atom is -0.496 e. The van der Waals surface area contributed by atoms with Crippen LogP contribution in [0.3, 0.4) is 0 Å². The van der Waals surface area contributed by atoms with Crippen molar-refractivity contribution >= 4 is 17.4 Å². The van der Waals surface area contributed by atoms with Gasteiger partial charge in [-0.25, -0.2) is 0 Å². The average molecular weight is 366 g/mol. The van der Waals surface area contributed by atoms with Crippen molar-refractivity contribution in [3.63, 3.8) is 0 Å². The van der Waals surface area contributed by atoms with Crippen LogP contribution in [0.15, 0.2) is 42.5 Å². The molecule has 0 atom stereocenters. The van der Waals surface area contributed by atoms with Crippen molar-refractivity contribution in [2.45, 2.75) is 20.3 Å². The third kappa shape index (κ3) is 4.30. The van der Waals surface area contributed by atoms with E-state index in [0.717, 1.165) is 18.7 Å². The number of hydrogen-bond donors (Lipinski definition) is 0. The van der Waals surface area contributed by atoms with E-state index in [1.54, 1.807) is 25.3 Å². The van der Waals surface area contributed by atoms with Crippen LogP contribution in [-0.2, 0) is 11.2 Å². The number of para-hydroxylation sites is 1. The number of carbonyl (C=O) groups is 2. The largest absolute Gasteiger partial charge is 0.496 e. The molecule has 0 unspecified atom stereocenters. The van der Waals surface area contributed by atoms with Crippen LogP contribution >= 0.6 is 0 Å². The summed E-state index contributed by atoms with van der Waals surface area (Å²) < 4.78 is 5.37. The molecular weight excluding hydrogens is 340 g/mol. The maximum Gasteiger partial charge on any atom is 0.227 e. The van der Waals surface area contributed by atoms with Crippen molar-refractivity contribution in [2.24, 2.45) is 0 Å². The molecule has 0 bridgehead atoms. The van der Waals surface area contributed by atoms with E-state index >= 15 is 0 Å². The van der Waals surface area contributed by atoms with E-state index in [1.807, 2.05) is 17.0 Å². The van der Waals surface area contributed by atoms with E-state index < -0.39 is 0 Å². The van der Waals surface area contributed by atoms with Crippen molar-refractivity contribution in [1.82, 2.24) is 4.90 Å². The van der Waals surface area contributed by atoms with Crippen LogP contribution < -0.4 is 9.64 Å². The molecule has 0 saturated carbocycles. The Bertz CT molecular complexity index is 839. The topological polar surface area (TPSA) is 49.9 Å². The molecular formula is C22H26N2O3. The van der Waals surface area contributed by atoms with Gasteiger partial charge in [0.2, 0.25) is 5.91 Å². The highest BCUT2D eigenvalue weighted by Gasteiger charge is 2.23. The number of nitrogens with zero attached hydrogens (tertiary/aromatic N) is 2. The van der Waals surface area contributed by atoms with Crippen molar-refractivity contribution in [3.05, 3.63) is 59.2 Å². The molecule has 0 N–H and O–H groups in total. The maximum absolute atomic E-state index is 12.8. The number of Topliss-reactive ketones (excluding diaryl/α,β-unsaturated/α-hetero) is 1. The zero-order chi connectivity index (χ0) is 19.4. The third-order valence-electron chi connectivity index (χ3n) is 5.12. The molecule has 1 heterocycles. The lowest BCUT2D eigenvalue weighted by Gasteiger charge is -2.37. The van der Waals surface area contributed by atoms with Gasteiger partial charge in [0.25, 0.3) is 0 Å². The lowest BCUT2D eigenvalue weighted by molar-refractivity contribution is -0.130. The number of carbonyl (C=O) groups excluding carboxylic acids is 2. The van der Waals surface area contributed by atoms with Crippen LogP contribution in [-0.4, -0.2) is 49.9 Å². The van der Waals surface area contributed by atoms with Gasteiger partial charge < -0.3 is 14.5 Å². The highest BCUT2D eigenvalue weighted by molar-refractivity contribution is 5.94. The van der Waals surface area contributed by atoms with Gasteiger partial charge in [0, 0.05) is 43.0 Å². The molecule has 0 spiro atoms. The first kappa shape index (κ1) is 19.0. The Hall–Kier alpha value is -2.82. The molecule has 5 heteroatoms. The summed E-state index contributed by atoms with van der Waals surface area (Å²) in [5, 5.41) is 0. The summed E-state index contributed by atoms with van der Waals surface area (Å²) in [6, 6.07) is 13.6. The number of rotatable bonds is 5. The molecule has 1 fully saturated rings. The molecule has 5 nitrogen and oxygen atoms in total. The number of aryl methyl sites for hydroxylation is 1. The van der Waals surface area contributed by atoms with E-state index in [1.165, 1.54) is 18.2 Å². The first-order valence-electron chi connectivity index (χ1n) is 9.26. The fourth-order valence-corrected chi connectivity index (χ4v) is 3.53. The Morgan fingerprint density at radius 1 is 1.04 bits per heavy atom. The first-order valence-corrected chi connectivity index (χ1v) is 9.26. The molecule has 0 radical (unpaired) electrons. The summed E-state index contributed by atoms with van der Waals surface area (Å²) in [7, 11) is 1.58. The normalized spacial score (nSPS) is 14.2. The van der Waals surface area contributed by atoms with Crippen molar-refractivity contribution in [2.75, 3.05) is 38.2 Å². The van der Waals surface area contributed by atoms with Gasteiger partial charge in [0.05, 0.1) is 13.5 Å². The number of amides is 1. The van der Waals surface area contributed by atoms with Crippen LogP contribution in [0, 0.1) is 6.92 Å². The standard InChI is InChI=1S/C22H26N2O3/c1-16-6-4-5-7-20(16)23-10-12-24(13-11-23)22(26)15-19-14-18(17(2)25)8-9-21(19)27-3/h4-9,14H,10-13,15H2,1-3H3. The summed E-state index contributed by atoms with van der Waals surface area (Å²) >= 11 is 0. The number of anilines is 1. The van der Waals surface area contributed by atoms with Gasteiger partial charge in [-0.05, 0) is 43.7 Å². The molecule has 1 aliphatic rings. The van der Waals surface area contributed by atoms with E-state index in [4.69, 9.17) is 4.74 Å². The van der Waals surface area contributed by atoms with Gasteiger partial charge in [-0.2, -0.15) is 0 Å². The number of ketones is 1. The Morgan fingerprint density at radius 2 is 1.74 bits per heavy atom. The lowest BCUT2D eigenvalue weighted by Crippen LogP contribution is -2.49. The van der Waals surface area contributed by atoms with Crippen molar-refractivity contribution < 1.29 is 14.3 Å². The molecule has 1 aliphatic heterocycles. The summed E-state index contributed by atoms with van der Waals surface area (Å²) in [6.07, 6.45) is 0.245. The number of piperazine rings is 1. The van der Waals surface area contributed by atoms with Crippen LogP contribution in [0.5, 0.6) is 5.75 Å². The number of methoxy groups -OCH3 is 1. The molecule has 0 aromatic heterocycles. The number of benzene rings is 2. The van der Waals surface area contributed by atoms with Gasteiger partial charge in [-0.3, -0.25) is 9.59 Å². The monoisotopic (exact) mass is 366 g/mol. The molecule has 27 heavy (non-hydrogen) atoms. The second-order valence-corrected chi connectivity index (χ2v) is 6.91. The fraction of sp³-hybridized carbons (Fsp3) is 0.364. The maximum atomic E-state index is 12.8. The molecule has 1 amide bonds. The van der Waals surface area contributed by atoms with Gasteiger partial charge in [-0.1, -0.05) is 18.2 Å². The van der Waals surface area contributed by atoms with Crippen LogP contribution in [0.2, 0.25) is 0 Å². The Balaban J connectivity index is 1.66. The van der Waals surface area contributed by atoms with Crippen LogP contribution in [0.4, 0.5) is 5.69 Å². The Kier molecular flexibility index (Phi) is 5.79. The van der Waals surface area contributed by atoms with Gasteiger partial charge in [0.1, 0.15) is 5.75 Å². The van der Waals surface area contributed by atoms with Gasteiger partial charge >= 0.3 is 0 Å². The second-order valence-electron chi connectivity index (χ2n) is 6.91. The predicted molar refractivity (Wildman–Crippen MR) is 107 cm³/mol. The van der Waals surface area contributed by atoms with Crippen LogP contribution in [0.1, 0.15) is 28.4 Å². The van der Waals surface area contributed by atoms with Gasteiger partial charge in [0.15, 0.2) is 5.78 Å². The summed E-state index contributed by atoms with van der Waals surface area (Å²) in [6.45, 7) is 6.67. The van der Waals surface area contributed by atoms with E-state index in [0.29, 0.717) is 24.4 Å². The third-order valence-corrected chi connectivity index (χ3v) is 5.12. The Labute approximate surface area is 160 Å². The molecule has 2 aromatic rings. The summed E-state index contributed by atoms with van der Waals surface area (Å²) in [5.74, 6) is 0.698. The first-order chi connectivity index (χ1) is 13.0. The predicted octanol–water partition coefficient (Wildman–Crippen LogP) is 3.10. The molecule has 0 aliphatic carbocycles. The van der Waals surface area contributed by atoms with Crippen LogP contribution in [0.25, 0.3) is 0 Å². The fourth-order valence-electron chi connectivity index (χ4n) is 3.53. The zero-order valence-corrected chi connectivity index (χ0v) is 16.2. The smallest absolute Gasteiger partial charge is 0.227 e. The van der Waals surface area contributed by atoms with Crippen molar-refractivity contribution in [3.8, 4) is 5.75 Å². The molecule has 1 saturated heterocycles. The van der Waals surface area contributed by atoms with Crippen molar-refractivity contribution in [1.29, 1.82) is 0 Å². The van der Waals surface area contributed by atoms with E-state index in [-0.39, 0.29) is 18.1 Å². The minimum absolute atomic E-state index is 0.0156. The highest BCUT2D eigenvalue weighted by atomic mass is 16.5. The Morgan fingerprint density at radius 3 is 2.37 bits per heavy atom. The molecule has 3 rings (SSSR count). The minimum atomic E-state index is -0.0156. The summed E-state index contributed by atoms with van der Waals surface area (Å²) in [4.78, 5) is 28.7. The molecule has 142 valence electrons. The SMILES string of the molecule is COc1ccc(C(C)=O)cc1CC(=O)N1CCN(c2ccccc2C)CC1. The van der Waals surface area contributed by atoms with E-state index in [9.17, 15) is 9.59 Å². The number of ether oxygens (including phenoxy) is 1. The lowest BCUT2D eigenvalue weighted by atomic mass is 10.0. The second kappa shape index (κ2) is 8.25. The highest BCUT2D eigenvalue weighted by Crippen LogP contribution is 2.23. The van der Waals surface area contributed by atoms with E-state index in [2.05, 4.69) is 24.0 Å². The quantitative estimate of drug-likeness (QED) is 0.763. The zero-order valence-electron chi connectivity index (χ0n) is 16.2. The summed E-state index contributed by atoms with van der Waals surface area (Å²) in [5.41, 5.74) is 3.85. The van der Waals surface area contributed by atoms with Gasteiger partial charge in [-0.15, -0.1) is 0 Å². The molecule has 2 aromatic carbocycles. The number of hydrogen-bond acceptors (Lipinski definition) is 4. The average Bonchev–Trinajstić information content (AvgIpc) is 2.68.